The van der Waals surface area contributed by atoms with E-state index in [2.05, 4.69) is 20.6 Å². The summed E-state index contributed by atoms with van der Waals surface area (Å²) in [5.74, 6) is 0.800. The highest BCUT2D eigenvalue weighted by atomic mass is 35.5. The first kappa shape index (κ1) is 32.3. The molecule has 2 aromatic carbocycles. The van der Waals surface area contributed by atoms with Crippen LogP contribution in [-0.4, -0.2) is 77.8 Å². The minimum absolute atomic E-state index is 0.00713. The van der Waals surface area contributed by atoms with Crippen LogP contribution in [-0.2, 0) is 21.1 Å². The first-order valence-corrected chi connectivity index (χ1v) is 16.7. The van der Waals surface area contributed by atoms with E-state index in [4.69, 9.17) is 21.1 Å². The summed E-state index contributed by atoms with van der Waals surface area (Å²) in [6, 6.07) is 10.2. The standard InChI is InChI=1S/C31H37ClN6O6S/c1-18(2)44-26-14-20-17-38(21-10-12-37(13-11-21)31(40)43-5)29(39)22(20)15-25(26)35-30-33-16-23(32)28(36-30)34-24-8-6-7-9-27(24)45(41,42)19(3)4/h6-9,14-16,18-19,21H,10-13,17H2,1-5H3,(H2,33,34,35,36). The number of aromatic nitrogens is 2. The predicted molar refractivity (Wildman–Crippen MR) is 171 cm³/mol. The Morgan fingerprint density at radius 1 is 1.07 bits per heavy atom. The minimum atomic E-state index is -3.59. The number of likely N-dealkylation sites (tertiary alicyclic amines) is 1. The van der Waals surface area contributed by atoms with Gasteiger partial charge in [0.05, 0.1) is 40.9 Å². The molecule has 2 aliphatic rings. The van der Waals surface area contributed by atoms with E-state index in [1.165, 1.54) is 19.4 Å². The smallest absolute Gasteiger partial charge is 0.409 e. The maximum absolute atomic E-state index is 13.6. The summed E-state index contributed by atoms with van der Waals surface area (Å²) in [5.41, 5.74) is 2.22. The second-order valence-electron chi connectivity index (χ2n) is 11.5. The number of rotatable bonds is 9. The zero-order valence-electron chi connectivity index (χ0n) is 25.8. The Bertz CT molecular complexity index is 1710. The molecule has 0 atom stereocenters. The van der Waals surface area contributed by atoms with Gasteiger partial charge in [-0.1, -0.05) is 23.7 Å². The second kappa shape index (κ2) is 13.1. The van der Waals surface area contributed by atoms with Crippen molar-refractivity contribution in [3.05, 3.63) is 58.7 Å². The van der Waals surface area contributed by atoms with E-state index < -0.39 is 15.1 Å². The van der Waals surface area contributed by atoms with Gasteiger partial charge in [-0.2, -0.15) is 4.98 Å². The van der Waals surface area contributed by atoms with E-state index in [0.717, 1.165) is 5.56 Å². The van der Waals surface area contributed by atoms with Crippen molar-refractivity contribution in [1.82, 2.24) is 19.8 Å². The number of methoxy groups -OCH3 is 1. The third kappa shape index (κ3) is 6.79. The fourth-order valence-electron chi connectivity index (χ4n) is 5.43. The van der Waals surface area contributed by atoms with Crippen molar-refractivity contribution in [3.63, 3.8) is 0 Å². The molecule has 3 heterocycles. The van der Waals surface area contributed by atoms with E-state index in [1.54, 1.807) is 43.0 Å². The summed E-state index contributed by atoms with van der Waals surface area (Å²) in [4.78, 5) is 38.0. The lowest BCUT2D eigenvalue weighted by atomic mass is 10.0. The molecule has 1 aromatic heterocycles. The van der Waals surface area contributed by atoms with E-state index in [-0.39, 0.29) is 45.8 Å². The lowest BCUT2D eigenvalue weighted by Crippen LogP contribution is -2.46. The van der Waals surface area contributed by atoms with Crippen molar-refractivity contribution >= 4 is 56.6 Å². The van der Waals surface area contributed by atoms with Gasteiger partial charge in [0.2, 0.25) is 5.95 Å². The van der Waals surface area contributed by atoms with Crippen LogP contribution in [0.15, 0.2) is 47.5 Å². The molecule has 0 aliphatic carbocycles. The van der Waals surface area contributed by atoms with Crippen molar-refractivity contribution in [2.75, 3.05) is 30.8 Å². The average Bonchev–Trinajstić information content (AvgIpc) is 3.33. The van der Waals surface area contributed by atoms with Gasteiger partial charge in [-0.15, -0.1) is 0 Å². The van der Waals surface area contributed by atoms with Gasteiger partial charge in [0.25, 0.3) is 5.91 Å². The third-order valence-electron chi connectivity index (χ3n) is 7.80. The fourth-order valence-corrected chi connectivity index (χ4v) is 6.77. The number of anilines is 4. The molecule has 14 heteroatoms. The highest BCUT2D eigenvalue weighted by Gasteiger charge is 2.36. The molecule has 0 spiro atoms. The summed E-state index contributed by atoms with van der Waals surface area (Å²) in [6.07, 6.45) is 2.21. The topological polar surface area (TPSA) is 143 Å². The molecule has 0 bridgehead atoms. The SMILES string of the molecule is COC(=O)N1CCC(N2Cc3cc(OC(C)C)c(Nc4ncc(Cl)c(Nc5ccccc5S(=O)(=O)C(C)C)n4)cc3C2=O)CC1. The number of carbonyl (C=O) groups excluding carboxylic acids is 2. The van der Waals surface area contributed by atoms with Gasteiger partial charge in [-0.05, 0) is 70.4 Å². The number of piperidine rings is 1. The monoisotopic (exact) mass is 656 g/mol. The first-order valence-electron chi connectivity index (χ1n) is 14.8. The molecule has 2 amide bonds. The van der Waals surface area contributed by atoms with E-state index in [1.807, 2.05) is 24.8 Å². The first-order chi connectivity index (χ1) is 21.4. The molecule has 12 nitrogen and oxygen atoms in total. The van der Waals surface area contributed by atoms with Gasteiger partial charge in [0.15, 0.2) is 15.7 Å². The van der Waals surface area contributed by atoms with E-state index in [0.29, 0.717) is 55.2 Å². The van der Waals surface area contributed by atoms with Gasteiger partial charge in [-0.25, -0.2) is 18.2 Å². The summed E-state index contributed by atoms with van der Waals surface area (Å²) in [6.45, 7) is 8.54. The number of carbonyl (C=O) groups is 2. The zero-order valence-corrected chi connectivity index (χ0v) is 27.4. The number of amides is 2. The van der Waals surface area contributed by atoms with Gasteiger partial charge < -0.3 is 29.9 Å². The number of ether oxygens (including phenoxy) is 2. The van der Waals surface area contributed by atoms with Crippen LogP contribution in [0.2, 0.25) is 5.02 Å². The zero-order chi connectivity index (χ0) is 32.5. The van der Waals surface area contributed by atoms with Gasteiger partial charge >= 0.3 is 6.09 Å². The van der Waals surface area contributed by atoms with Crippen LogP contribution in [0.3, 0.4) is 0 Å². The molecule has 45 heavy (non-hydrogen) atoms. The lowest BCUT2D eigenvalue weighted by Gasteiger charge is -2.35. The molecule has 1 fully saturated rings. The molecule has 0 unspecified atom stereocenters. The number of hydrogen-bond donors (Lipinski definition) is 2. The number of benzene rings is 2. The predicted octanol–water partition coefficient (Wildman–Crippen LogP) is 5.77. The van der Waals surface area contributed by atoms with Crippen molar-refractivity contribution < 1.29 is 27.5 Å². The van der Waals surface area contributed by atoms with Gasteiger partial charge in [0, 0.05) is 31.2 Å². The van der Waals surface area contributed by atoms with Crippen LogP contribution in [0.25, 0.3) is 0 Å². The van der Waals surface area contributed by atoms with Crippen molar-refractivity contribution in [3.8, 4) is 5.75 Å². The fraction of sp³-hybridized carbons (Fsp3) is 0.419. The number of para-hydroxylation sites is 1. The van der Waals surface area contributed by atoms with Crippen LogP contribution in [0.4, 0.5) is 27.9 Å². The Morgan fingerprint density at radius 2 is 1.78 bits per heavy atom. The largest absolute Gasteiger partial charge is 0.489 e. The molecule has 5 rings (SSSR count). The van der Waals surface area contributed by atoms with Crippen LogP contribution >= 0.6 is 11.6 Å². The highest BCUT2D eigenvalue weighted by Crippen LogP contribution is 2.38. The number of halogens is 1. The normalized spacial score (nSPS) is 15.4. The maximum atomic E-state index is 13.6. The Kier molecular flexibility index (Phi) is 9.40. The number of hydrogen-bond acceptors (Lipinski definition) is 10. The summed E-state index contributed by atoms with van der Waals surface area (Å²) in [7, 11) is -2.22. The molecule has 3 aromatic rings. The van der Waals surface area contributed by atoms with Crippen molar-refractivity contribution in [1.29, 1.82) is 0 Å². The molecule has 2 aliphatic heterocycles. The number of sulfone groups is 1. The Morgan fingerprint density at radius 3 is 2.44 bits per heavy atom. The van der Waals surface area contributed by atoms with E-state index >= 15 is 0 Å². The Balaban J connectivity index is 1.41. The van der Waals surface area contributed by atoms with E-state index in [9.17, 15) is 18.0 Å². The van der Waals surface area contributed by atoms with Crippen LogP contribution in [0.5, 0.6) is 5.75 Å². The molecule has 0 saturated carbocycles. The van der Waals surface area contributed by atoms with Crippen molar-refractivity contribution in [2.24, 2.45) is 0 Å². The Hall–Kier alpha value is -4.10. The lowest BCUT2D eigenvalue weighted by molar-refractivity contribution is 0.0578. The number of nitrogens with zero attached hydrogens (tertiary/aromatic N) is 4. The van der Waals surface area contributed by atoms with Gasteiger partial charge in [0.1, 0.15) is 10.8 Å². The maximum Gasteiger partial charge on any atom is 0.409 e. The van der Waals surface area contributed by atoms with Gasteiger partial charge in [-0.3, -0.25) is 4.79 Å². The molecule has 0 radical (unpaired) electrons. The second-order valence-corrected chi connectivity index (χ2v) is 14.4. The molecule has 1 saturated heterocycles. The highest BCUT2D eigenvalue weighted by molar-refractivity contribution is 7.92. The molecule has 2 N–H and O–H groups in total. The quantitative estimate of drug-likeness (QED) is 0.291. The van der Waals surface area contributed by atoms with Crippen LogP contribution in [0, 0.1) is 0 Å². The summed E-state index contributed by atoms with van der Waals surface area (Å²) < 4.78 is 36.9. The van der Waals surface area contributed by atoms with Crippen LogP contribution < -0.4 is 15.4 Å². The summed E-state index contributed by atoms with van der Waals surface area (Å²) in [5, 5.41) is 5.79. The minimum Gasteiger partial charge on any atom is -0.489 e. The number of fused-ring (bicyclic) bond motifs is 1. The molecular weight excluding hydrogens is 620 g/mol. The molecule has 240 valence electrons. The summed E-state index contributed by atoms with van der Waals surface area (Å²) >= 11 is 6.43. The average molecular weight is 657 g/mol. The third-order valence-corrected chi connectivity index (χ3v) is 10.3. The Labute approximate surface area is 268 Å². The van der Waals surface area contributed by atoms with Crippen molar-refractivity contribution in [2.45, 2.75) is 69.4 Å². The number of nitrogens with one attached hydrogen (secondary N) is 2. The van der Waals surface area contributed by atoms with Crippen LogP contribution in [0.1, 0.15) is 56.5 Å². The molecular formula is C31H37ClN6O6S.